The van der Waals surface area contributed by atoms with Crippen LogP contribution in [0, 0.1) is 6.92 Å². The molecule has 0 aromatic heterocycles. The fourth-order valence-electron chi connectivity index (χ4n) is 2.06. The van der Waals surface area contributed by atoms with Gasteiger partial charge in [0.05, 0.1) is 4.90 Å². The summed E-state index contributed by atoms with van der Waals surface area (Å²) in [6.45, 7) is 1.68. The lowest BCUT2D eigenvalue weighted by molar-refractivity contribution is -0.144. The summed E-state index contributed by atoms with van der Waals surface area (Å²) in [6, 6.07) is 13.3. The molecule has 0 unspecified atom stereocenters. The van der Waals surface area contributed by atoms with Crippen LogP contribution in [-0.2, 0) is 26.2 Å². The van der Waals surface area contributed by atoms with Crippen LogP contribution in [-0.4, -0.2) is 32.3 Å². The van der Waals surface area contributed by atoms with Crippen molar-refractivity contribution in [2.75, 3.05) is 13.6 Å². The third-order valence-electron chi connectivity index (χ3n) is 3.36. The van der Waals surface area contributed by atoms with Crippen LogP contribution in [0.15, 0.2) is 53.4 Å². The molecule has 0 N–H and O–H groups in total. The molecule has 2 rings (SSSR count). The van der Waals surface area contributed by atoms with E-state index in [4.69, 9.17) is 16.3 Å². The van der Waals surface area contributed by atoms with Crippen molar-refractivity contribution in [3.63, 3.8) is 0 Å². The van der Waals surface area contributed by atoms with Gasteiger partial charge in [-0.1, -0.05) is 41.4 Å². The van der Waals surface area contributed by atoms with E-state index in [-0.39, 0.29) is 18.0 Å². The summed E-state index contributed by atoms with van der Waals surface area (Å²) < 4.78 is 30.8. The lowest BCUT2D eigenvalue weighted by Gasteiger charge is -2.16. The Morgan fingerprint density at radius 1 is 1.17 bits per heavy atom. The molecule has 2 aromatic rings. The molecule has 5 nitrogen and oxygen atoms in total. The quantitative estimate of drug-likeness (QED) is 0.736. The molecule has 0 saturated heterocycles. The molecule has 7 heteroatoms. The molecule has 128 valence electrons. The largest absolute Gasteiger partial charge is 0.460 e. The van der Waals surface area contributed by atoms with Gasteiger partial charge in [0.2, 0.25) is 10.0 Å². The van der Waals surface area contributed by atoms with E-state index in [0.29, 0.717) is 5.02 Å². The van der Waals surface area contributed by atoms with Gasteiger partial charge in [-0.05, 0) is 36.8 Å². The van der Waals surface area contributed by atoms with Crippen LogP contribution in [0.25, 0.3) is 0 Å². The van der Waals surface area contributed by atoms with Gasteiger partial charge in [-0.3, -0.25) is 4.79 Å². The van der Waals surface area contributed by atoms with Crippen molar-refractivity contribution in [2.45, 2.75) is 18.4 Å². The average Bonchev–Trinajstić information content (AvgIpc) is 2.53. The zero-order valence-electron chi connectivity index (χ0n) is 13.4. The monoisotopic (exact) mass is 367 g/mol. The molecule has 2 aromatic carbocycles. The summed E-state index contributed by atoms with van der Waals surface area (Å²) in [4.78, 5) is 12.0. The molecule has 0 heterocycles. The van der Waals surface area contributed by atoms with Crippen molar-refractivity contribution in [3.05, 3.63) is 64.7 Å². The molecule has 0 aliphatic rings. The molecule has 0 saturated carbocycles. The van der Waals surface area contributed by atoms with E-state index in [2.05, 4.69) is 0 Å². The van der Waals surface area contributed by atoms with Crippen LogP contribution in [0.4, 0.5) is 0 Å². The van der Waals surface area contributed by atoms with E-state index in [0.717, 1.165) is 15.4 Å². The van der Waals surface area contributed by atoms with Gasteiger partial charge in [0.15, 0.2) is 0 Å². The topological polar surface area (TPSA) is 63.7 Å². The van der Waals surface area contributed by atoms with Crippen molar-refractivity contribution >= 4 is 27.6 Å². The number of benzene rings is 2. The lowest BCUT2D eigenvalue weighted by Crippen LogP contribution is -2.33. The standard InChI is InChI=1S/C17H18ClNO4S/c1-13-4-3-5-14(10-13)12-23-17(20)11-19(2)24(21,22)16-8-6-15(18)7-9-16/h3-10H,11-12H2,1-2H3. The van der Waals surface area contributed by atoms with Gasteiger partial charge >= 0.3 is 5.97 Å². The van der Waals surface area contributed by atoms with E-state index in [1.807, 2.05) is 31.2 Å². The van der Waals surface area contributed by atoms with Gasteiger partial charge in [-0.15, -0.1) is 0 Å². The Morgan fingerprint density at radius 3 is 2.46 bits per heavy atom. The predicted molar refractivity (Wildman–Crippen MR) is 92.2 cm³/mol. The number of halogens is 1. The van der Waals surface area contributed by atoms with E-state index >= 15 is 0 Å². The Labute approximate surface area is 146 Å². The smallest absolute Gasteiger partial charge is 0.321 e. The van der Waals surface area contributed by atoms with Gasteiger partial charge in [0.1, 0.15) is 13.2 Å². The highest BCUT2D eigenvalue weighted by Gasteiger charge is 2.23. The van der Waals surface area contributed by atoms with Crippen LogP contribution in [0.5, 0.6) is 0 Å². The Hall–Kier alpha value is -1.89. The number of nitrogens with zero attached hydrogens (tertiary/aromatic N) is 1. The zero-order chi connectivity index (χ0) is 17.7. The zero-order valence-corrected chi connectivity index (χ0v) is 15.0. The van der Waals surface area contributed by atoms with Crippen molar-refractivity contribution in [1.82, 2.24) is 4.31 Å². The fraction of sp³-hybridized carbons (Fsp3) is 0.235. The summed E-state index contributed by atoms with van der Waals surface area (Å²) in [5.41, 5.74) is 1.91. The lowest BCUT2D eigenvalue weighted by atomic mass is 10.1. The second-order valence-electron chi connectivity index (χ2n) is 5.36. The van der Waals surface area contributed by atoms with E-state index < -0.39 is 16.0 Å². The molecular weight excluding hydrogens is 350 g/mol. The van der Waals surface area contributed by atoms with Crippen LogP contribution in [0.1, 0.15) is 11.1 Å². The van der Waals surface area contributed by atoms with Crippen LogP contribution >= 0.6 is 11.6 Å². The molecular formula is C17H18ClNO4S. The SMILES string of the molecule is Cc1cccc(COC(=O)CN(C)S(=O)(=O)c2ccc(Cl)cc2)c1. The minimum Gasteiger partial charge on any atom is -0.460 e. The first-order valence-corrected chi connectivity index (χ1v) is 9.04. The average molecular weight is 368 g/mol. The van der Waals surface area contributed by atoms with Gasteiger partial charge < -0.3 is 4.74 Å². The Kier molecular flexibility index (Phi) is 5.99. The van der Waals surface area contributed by atoms with Crippen molar-refractivity contribution in [3.8, 4) is 0 Å². The van der Waals surface area contributed by atoms with E-state index in [1.54, 1.807) is 0 Å². The summed E-state index contributed by atoms with van der Waals surface area (Å²) >= 11 is 5.75. The normalized spacial score (nSPS) is 11.5. The molecule has 0 bridgehead atoms. The third kappa shape index (κ3) is 4.80. The van der Waals surface area contributed by atoms with Crippen molar-refractivity contribution < 1.29 is 17.9 Å². The first kappa shape index (κ1) is 18.4. The Morgan fingerprint density at radius 2 is 1.83 bits per heavy atom. The maximum atomic E-state index is 12.4. The molecule has 0 aliphatic heterocycles. The van der Waals surface area contributed by atoms with Crippen LogP contribution in [0.3, 0.4) is 0 Å². The molecule has 0 spiro atoms. The van der Waals surface area contributed by atoms with Gasteiger partial charge in [0, 0.05) is 12.1 Å². The third-order valence-corrected chi connectivity index (χ3v) is 5.43. The Balaban J connectivity index is 1.96. The Bertz CT molecular complexity index is 819. The molecule has 0 fully saturated rings. The highest BCUT2D eigenvalue weighted by atomic mass is 35.5. The van der Waals surface area contributed by atoms with E-state index in [9.17, 15) is 13.2 Å². The second-order valence-corrected chi connectivity index (χ2v) is 7.85. The minimum atomic E-state index is -3.77. The highest BCUT2D eigenvalue weighted by molar-refractivity contribution is 7.89. The first-order valence-electron chi connectivity index (χ1n) is 7.22. The number of carbonyl (C=O) groups excluding carboxylic acids is 1. The fourth-order valence-corrected chi connectivity index (χ4v) is 3.31. The number of hydrogen-bond donors (Lipinski definition) is 0. The highest BCUT2D eigenvalue weighted by Crippen LogP contribution is 2.17. The molecule has 0 radical (unpaired) electrons. The number of ether oxygens (including phenoxy) is 1. The number of rotatable bonds is 6. The molecule has 0 amide bonds. The number of aryl methyl sites for hydroxylation is 1. The first-order chi connectivity index (χ1) is 11.3. The second kappa shape index (κ2) is 7.79. The summed E-state index contributed by atoms with van der Waals surface area (Å²) in [5, 5.41) is 0.439. The number of likely N-dealkylation sites (N-methyl/N-ethyl adjacent to an activating group) is 1. The van der Waals surface area contributed by atoms with Gasteiger partial charge in [-0.25, -0.2) is 8.42 Å². The molecule has 24 heavy (non-hydrogen) atoms. The summed E-state index contributed by atoms with van der Waals surface area (Å²) in [6.07, 6.45) is 0. The van der Waals surface area contributed by atoms with E-state index in [1.165, 1.54) is 31.3 Å². The van der Waals surface area contributed by atoms with Crippen LogP contribution in [0.2, 0.25) is 5.02 Å². The number of hydrogen-bond acceptors (Lipinski definition) is 4. The summed E-state index contributed by atoms with van der Waals surface area (Å²) in [7, 11) is -2.44. The minimum absolute atomic E-state index is 0.0703. The maximum absolute atomic E-state index is 12.4. The number of carbonyl (C=O) groups is 1. The van der Waals surface area contributed by atoms with Crippen LogP contribution < -0.4 is 0 Å². The summed E-state index contributed by atoms with van der Waals surface area (Å²) in [5.74, 6) is -0.614. The maximum Gasteiger partial charge on any atom is 0.321 e. The molecule has 0 atom stereocenters. The predicted octanol–water partition coefficient (Wildman–Crippen LogP) is 3.01. The van der Waals surface area contributed by atoms with Gasteiger partial charge in [-0.2, -0.15) is 4.31 Å². The number of esters is 1. The molecule has 0 aliphatic carbocycles. The number of sulfonamides is 1. The van der Waals surface area contributed by atoms with Crippen molar-refractivity contribution in [2.24, 2.45) is 0 Å². The van der Waals surface area contributed by atoms with Crippen molar-refractivity contribution in [1.29, 1.82) is 0 Å². The van der Waals surface area contributed by atoms with Gasteiger partial charge in [0.25, 0.3) is 0 Å².